The van der Waals surface area contributed by atoms with Crippen LogP contribution in [0.15, 0.2) is 0 Å². The molecule has 2 N–H and O–H groups in total. The third-order valence-electron chi connectivity index (χ3n) is 2.10. The molecule has 9 heavy (non-hydrogen) atoms. The predicted octanol–water partition coefficient (Wildman–Crippen LogP) is 1.87. The number of nitrogens with two attached hydrogens (primary N) is 1. The van der Waals surface area contributed by atoms with Crippen molar-refractivity contribution < 1.29 is 0 Å². The molecule has 0 aliphatic heterocycles. The molecule has 1 aliphatic carbocycles. The topological polar surface area (TPSA) is 26.0 Å². The molecule has 0 heterocycles. The maximum Gasteiger partial charge on any atom is 0.0155 e. The molecular formula is C8H16N. The van der Waals surface area contributed by atoms with Gasteiger partial charge in [-0.3, -0.25) is 0 Å². The van der Waals surface area contributed by atoms with Gasteiger partial charge in [-0.15, -0.1) is 0 Å². The minimum absolute atomic E-state index is 0.0868. The van der Waals surface area contributed by atoms with Crippen LogP contribution >= 0.6 is 0 Å². The largest absolute Gasteiger partial charge is 0.325 e. The summed E-state index contributed by atoms with van der Waals surface area (Å²) in [6.45, 7) is 3.97. The van der Waals surface area contributed by atoms with Gasteiger partial charge >= 0.3 is 0 Å². The first kappa shape index (κ1) is 7.07. The van der Waals surface area contributed by atoms with Crippen molar-refractivity contribution >= 4 is 0 Å². The molecule has 1 aliphatic rings. The van der Waals surface area contributed by atoms with Crippen molar-refractivity contribution in [3.05, 3.63) is 6.92 Å². The van der Waals surface area contributed by atoms with Crippen LogP contribution in [0.5, 0.6) is 0 Å². The zero-order valence-electron chi connectivity index (χ0n) is 6.03. The van der Waals surface area contributed by atoms with E-state index in [4.69, 9.17) is 5.73 Å². The highest BCUT2D eigenvalue weighted by Crippen LogP contribution is 2.23. The molecule has 1 radical (unpaired) electrons. The lowest BCUT2D eigenvalue weighted by molar-refractivity contribution is 0.456. The van der Waals surface area contributed by atoms with Gasteiger partial charge in [0.2, 0.25) is 0 Å². The van der Waals surface area contributed by atoms with Gasteiger partial charge in [0.15, 0.2) is 0 Å². The van der Waals surface area contributed by atoms with Gasteiger partial charge in [0.25, 0.3) is 0 Å². The van der Waals surface area contributed by atoms with Crippen LogP contribution in [0, 0.1) is 6.92 Å². The van der Waals surface area contributed by atoms with E-state index in [2.05, 4.69) is 6.92 Å². The molecule has 0 unspecified atom stereocenters. The van der Waals surface area contributed by atoms with E-state index in [0.29, 0.717) is 0 Å². The average molecular weight is 126 g/mol. The molecule has 0 amide bonds. The average Bonchev–Trinajstić information content (AvgIpc) is 1.92. The van der Waals surface area contributed by atoms with Crippen molar-refractivity contribution in [1.82, 2.24) is 0 Å². The molecule has 1 fully saturated rings. The molecule has 53 valence electrons. The van der Waals surface area contributed by atoms with E-state index in [1.54, 1.807) is 0 Å². The van der Waals surface area contributed by atoms with Crippen LogP contribution < -0.4 is 5.73 Å². The zero-order valence-corrected chi connectivity index (χ0v) is 6.03. The Bertz CT molecular complexity index is 76.6. The molecule has 0 bridgehead atoms. The minimum atomic E-state index is -0.0868. The van der Waals surface area contributed by atoms with E-state index in [1.807, 2.05) is 0 Å². The minimum Gasteiger partial charge on any atom is -0.325 e. The summed E-state index contributed by atoms with van der Waals surface area (Å²) in [5.41, 5.74) is 5.78. The van der Waals surface area contributed by atoms with Gasteiger partial charge in [0.05, 0.1) is 0 Å². The van der Waals surface area contributed by atoms with Gasteiger partial charge in [0, 0.05) is 5.54 Å². The van der Waals surface area contributed by atoms with E-state index in [1.165, 1.54) is 25.7 Å². The van der Waals surface area contributed by atoms with Crippen molar-refractivity contribution in [3.63, 3.8) is 0 Å². The third kappa shape index (κ3) is 2.35. The van der Waals surface area contributed by atoms with Crippen LogP contribution in [0.2, 0.25) is 0 Å². The van der Waals surface area contributed by atoms with Crippen molar-refractivity contribution in [2.45, 2.75) is 44.1 Å². The highest BCUT2D eigenvalue weighted by atomic mass is 14.7. The first-order chi connectivity index (χ1) is 4.21. The zero-order chi connectivity index (χ0) is 6.74. The van der Waals surface area contributed by atoms with Gasteiger partial charge in [-0.05, 0) is 19.8 Å². The SMILES string of the molecule is [CH2]C1(N)CCCCCC1. The Morgan fingerprint density at radius 1 is 1.00 bits per heavy atom. The van der Waals surface area contributed by atoms with E-state index in [0.717, 1.165) is 12.8 Å². The predicted molar refractivity (Wildman–Crippen MR) is 40.0 cm³/mol. The van der Waals surface area contributed by atoms with E-state index in [9.17, 15) is 0 Å². The molecular weight excluding hydrogens is 110 g/mol. The summed E-state index contributed by atoms with van der Waals surface area (Å²) in [6.07, 6.45) is 7.50. The van der Waals surface area contributed by atoms with Gasteiger partial charge in [-0.1, -0.05) is 25.7 Å². The van der Waals surface area contributed by atoms with Crippen LogP contribution in [0.3, 0.4) is 0 Å². The fourth-order valence-electron chi connectivity index (χ4n) is 1.43. The molecule has 1 rings (SSSR count). The van der Waals surface area contributed by atoms with Gasteiger partial charge in [-0.2, -0.15) is 0 Å². The summed E-state index contributed by atoms with van der Waals surface area (Å²) < 4.78 is 0. The van der Waals surface area contributed by atoms with Gasteiger partial charge in [0.1, 0.15) is 0 Å². The fourth-order valence-corrected chi connectivity index (χ4v) is 1.43. The Kier molecular flexibility index (Phi) is 2.12. The maximum absolute atomic E-state index is 5.87. The van der Waals surface area contributed by atoms with Crippen LogP contribution in [0.25, 0.3) is 0 Å². The van der Waals surface area contributed by atoms with Crippen molar-refractivity contribution in [2.75, 3.05) is 0 Å². The van der Waals surface area contributed by atoms with Gasteiger partial charge < -0.3 is 5.73 Å². The molecule has 0 aromatic carbocycles. The van der Waals surface area contributed by atoms with Crippen LogP contribution in [0.4, 0.5) is 0 Å². The molecule has 0 aromatic rings. The number of rotatable bonds is 0. The van der Waals surface area contributed by atoms with E-state index < -0.39 is 0 Å². The van der Waals surface area contributed by atoms with Crippen molar-refractivity contribution in [3.8, 4) is 0 Å². The van der Waals surface area contributed by atoms with Crippen LogP contribution in [-0.2, 0) is 0 Å². The molecule has 1 saturated carbocycles. The lowest BCUT2D eigenvalue weighted by atomic mass is 9.94. The molecule has 1 heteroatoms. The quantitative estimate of drug-likeness (QED) is 0.493. The second-order valence-electron chi connectivity index (χ2n) is 3.28. The van der Waals surface area contributed by atoms with Crippen LogP contribution in [0.1, 0.15) is 38.5 Å². The third-order valence-corrected chi connectivity index (χ3v) is 2.10. The summed E-state index contributed by atoms with van der Waals surface area (Å²) >= 11 is 0. The Morgan fingerprint density at radius 2 is 1.44 bits per heavy atom. The Balaban J connectivity index is 2.36. The second kappa shape index (κ2) is 2.70. The normalized spacial score (nSPS) is 27.3. The molecule has 0 atom stereocenters. The molecule has 1 nitrogen and oxygen atoms in total. The lowest BCUT2D eigenvalue weighted by Gasteiger charge is -2.20. The standard InChI is InChI=1S/C8H16N/c1-8(9)6-4-2-3-5-7-8/h1-7,9H2. The summed E-state index contributed by atoms with van der Waals surface area (Å²) in [5, 5.41) is 0. The highest BCUT2D eigenvalue weighted by Gasteiger charge is 2.19. The number of hydrogen-bond acceptors (Lipinski definition) is 1. The van der Waals surface area contributed by atoms with E-state index >= 15 is 0 Å². The summed E-state index contributed by atoms with van der Waals surface area (Å²) in [5.74, 6) is 0. The monoisotopic (exact) mass is 126 g/mol. The summed E-state index contributed by atoms with van der Waals surface area (Å²) in [7, 11) is 0. The number of hydrogen-bond donors (Lipinski definition) is 1. The Morgan fingerprint density at radius 3 is 1.89 bits per heavy atom. The second-order valence-corrected chi connectivity index (χ2v) is 3.28. The first-order valence-electron chi connectivity index (χ1n) is 3.85. The summed E-state index contributed by atoms with van der Waals surface area (Å²) in [4.78, 5) is 0. The van der Waals surface area contributed by atoms with Crippen LogP contribution in [-0.4, -0.2) is 5.54 Å². The maximum atomic E-state index is 5.87. The lowest BCUT2D eigenvalue weighted by Crippen LogP contribution is -2.35. The highest BCUT2D eigenvalue weighted by molar-refractivity contribution is 4.87. The van der Waals surface area contributed by atoms with Gasteiger partial charge in [-0.25, -0.2) is 0 Å². The Labute approximate surface area is 57.6 Å². The molecule has 0 aromatic heterocycles. The molecule has 0 saturated heterocycles. The Hall–Kier alpha value is -0.0400. The smallest absolute Gasteiger partial charge is 0.0155 e. The fraction of sp³-hybridized carbons (Fsp3) is 0.875. The van der Waals surface area contributed by atoms with Crippen molar-refractivity contribution in [2.24, 2.45) is 5.73 Å². The van der Waals surface area contributed by atoms with Crippen molar-refractivity contribution in [1.29, 1.82) is 0 Å². The van der Waals surface area contributed by atoms with E-state index in [-0.39, 0.29) is 5.54 Å². The first-order valence-corrected chi connectivity index (χ1v) is 3.85. The summed E-state index contributed by atoms with van der Waals surface area (Å²) in [6, 6.07) is 0. The molecule has 0 spiro atoms.